The summed E-state index contributed by atoms with van der Waals surface area (Å²) in [6.07, 6.45) is 4.56. The van der Waals surface area contributed by atoms with E-state index >= 15 is 0 Å². The van der Waals surface area contributed by atoms with E-state index in [9.17, 15) is 4.79 Å². The van der Waals surface area contributed by atoms with Crippen molar-refractivity contribution in [3.05, 3.63) is 39.5 Å². The molecule has 1 heterocycles. The Hall–Kier alpha value is -1.98. The van der Waals surface area contributed by atoms with Gasteiger partial charge >= 0.3 is 0 Å². The highest BCUT2D eigenvalue weighted by atomic mass is 35.5. The number of carbonyl (C=O) groups excluding carboxylic acids is 1. The molecule has 7 heteroatoms. The second-order valence-corrected chi connectivity index (χ2v) is 7.06. The largest absolute Gasteiger partial charge is 0.493 e. The average Bonchev–Trinajstić information content (AvgIpc) is 3.11. The van der Waals surface area contributed by atoms with Gasteiger partial charge in [-0.3, -0.25) is 4.79 Å². The van der Waals surface area contributed by atoms with E-state index in [0.29, 0.717) is 28.5 Å². The number of aromatic nitrogens is 1. The summed E-state index contributed by atoms with van der Waals surface area (Å²) >= 11 is 12.5. The molecular formula is C19H20Cl2N2O3. The lowest BCUT2D eigenvalue weighted by Crippen LogP contribution is -2.14. The van der Waals surface area contributed by atoms with Crippen molar-refractivity contribution in [1.29, 1.82) is 0 Å². The minimum Gasteiger partial charge on any atom is -0.493 e. The summed E-state index contributed by atoms with van der Waals surface area (Å²) in [7, 11) is 1.60. The number of amides is 1. The van der Waals surface area contributed by atoms with Crippen molar-refractivity contribution in [2.75, 3.05) is 7.11 Å². The van der Waals surface area contributed by atoms with Gasteiger partial charge in [-0.15, -0.1) is 0 Å². The summed E-state index contributed by atoms with van der Waals surface area (Å²) in [5.41, 5.74) is 7.12. The summed E-state index contributed by atoms with van der Waals surface area (Å²) in [6, 6.07) is 5.43. The lowest BCUT2D eigenvalue weighted by atomic mass is 10.1. The number of hydrogen-bond acceptors (Lipinski definition) is 4. The number of benzene rings is 1. The Bertz CT molecular complexity index is 849. The summed E-state index contributed by atoms with van der Waals surface area (Å²) < 4.78 is 11.5. The Labute approximate surface area is 162 Å². The SMILES string of the molecule is COc1ccc(-c2nc(C)c(Cl)c(C(N)=O)c2Cl)cc1OC1CCCC1. The van der Waals surface area contributed by atoms with Crippen molar-refractivity contribution < 1.29 is 14.3 Å². The first-order valence-corrected chi connectivity index (χ1v) is 9.18. The van der Waals surface area contributed by atoms with Gasteiger partial charge in [0.15, 0.2) is 11.5 Å². The van der Waals surface area contributed by atoms with Crippen LogP contribution < -0.4 is 15.2 Å². The fraction of sp³-hybridized carbons (Fsp3) is 0.368. The molecule has 2 aromatic rings. The summed E-state index contributed by atoms with van der Waals surface area (Å²) in [4.78, 5) is 16.2. The third-order valence-corrected chi connectivity index (χ3v) is 5.35. The molecule has 26 heavy (non-hydrogen) atoms. The predicted molar refractivity (Wildman–Crippen MR) is 102 cm³/mol. The Balaban J connectivity index is 2.08. The highest BCUT2D eigenvalue weighted by molar-refractivity contribution is 6.41. The normalized spacial score (nSPS) is 14.5. The van der Waals surface area contributed by atoms with E-state index in [2.05, 4.69) is 4.98 Å². The van der Waals surface area contributed by atoms with Crippen LogP contribution in [0.2, 0.25) is 10.0 Å². The van der Waals surface area contributed by atoms with E-state index in [1.165, 1.54) is 12.8 Å². The molecule has 0 saturated heterocycles. The van der Waals surface area contributed by atoms with Gasteiger partial charge in [0, 0.05) is 5.56 Å². The quantitative estimate of drug-likeness (QED) is 0.790. The van der Waals surface area contributed by atoms with E-state index < -0.39 is 5.91 Å². The average molecular weight is 395 g/mol. The van der Waals surface area contributed by atoms with Crippen molar-refractivity contribution in [2.45, 2.75) is 38.7 Å². The predicted octanol–water partition coefficient (Wildman–Crippen LogP) is 4.79. The molecule has 1 aromatic carbocycles. The minimum absolute atomic E-state index is 0.0740. The van der Waals surface area contributed by atoms with Gasteiger partial charge in [-0.05, 0) is 50.8 Å². The van der Waals surface area contributed by atoms with Crippen LogP contribution >= 0.6 is 23.2 Å². The van der Waals surface area contributed by atoms with Gasteiger partial charge in [0.2, 0.25) is 0 Å². The molecule has 1 saturated carbocycles. The zero-order valence-electron chi connectivity index (χ0n) is 14.6. The van der Waals surface area contributed by atoms with Crippen LogP contribution in [0.4, 0.5) is 0 Å². The molecule has 2 N–H and O–H groups in total. The summed E-state index contributed by atoms with van der Waals surface area (Å²) in [5.74, 6) is 0.572. The van der Waals surface area contributed by atoms with E-state index in [-0.39, 0.29) is 21.7 Å². The van der Waals surface area contributed by atoms with Gasteiger partial charge in [0.25, 0.3) is 5.91 Å². The van der Waals surface area contributed by atoms with Crippen molar-refractivity contribution in [2.24, 2.45) is 5.73 Å². The monoisotopic (exact) mass is 394 g/mol. The van der Waals surface area contributed by atoms with Crippen LogP contribution in [0.5, 0.6) is 11.5 Å². The van der Waals surface area contributed by atoms with E-state index in [1.54, 1.807) is 20.1 Å². The van der Waals surface area contributed by atoms with Crippen LogP contribution in [0.1, 0.15) is 41.7 Å². The number of hydrogen-bond donors (Lipinski definition) is 1. The highest BCUT2D eigenvalue weighted by Gasteiger charge is 2.22. The Kier molecular flexibility index (Phi) is 5.58. The first-order chi connectivity index (χ1) is 12.4. The number of carbonyl (C=O) groups is 1. The molecule has 138 valence electrons. The number of ether oxygens (including phenoxy) is 2. The molecule has 1 amide bonds. The Morgan fingerprint density at radius 1 is 1.19 bits per heavy atom. The van der Waals surface area contributed by atoms with Crippen LogP contribution in [0.25, 0.3) is 11.3 Å². The molecule has 0 radical (unpaired) electrons. The number of halogens is 2. The molecule has 0 aliphatic heterocycles. The number of nitrogens with two attached hydrogens (primary N) is 1. The third kappa shape index (κ3) is 3.60. The van der Waals surface area contributed by atoms with E-state index in [4.69, 9.17) is 38.4 Å². The van der Waals surface area contributed by atoms with Gasteiger partial charge in [-0.1, -0.05) is 23.2 Å². The van der Waals surface area contributed by atoms with Crippen LogP contribution in [0.15, 0.2) is 18.2 Å². The van der Waals surface area contributed by atoms with Crippen molar-refractivity contribution >= 4 is 29.1 Å². The summed E-state index contributed by atoms with van der Waals surface area (Å²) in [5, 5.41) is 0.298. The standard InChI is InChI=1S/C19H20Cl2N2O3/c1-10-16(20)15(19(22)24)17(21)18(23-10)11-7-8-13(25-2)14(9-11)26-12-5-3-4-6-12/h7-9,12H,3-6H2,1-2H3,(H2,22,24). The van der Waals surface area contributed by atoms with Crippen LogP contribution in [0.3, 0.4) is 0 Å². The molecule has 0 bridgehead atoms. The lowest BCUT2D eigenvalue weighted by Gasteiger charge is -2.17. The molecule has 1 aromatic heterocycles. The maximum absolute atomic E-state index is 11.8. The molecule has 0 unspecified atom stereocenters. The topological polar surface area (TPSA) is 74.4 Å². The smallest absolute Gasteiger partial charge is 0.251 e. The molecule has 1 aliphatic carbocycles. The number of rotatable bonds is 5. The van der Waals surface area contributed by atoms with Gasteiger partial charge in [-0.2, -0.15) is 0 Å². The first-order valence-electron chi connectivity index (χ1n) is 8.42. The zero-order chi connectivity index (χ0) is 18.8. The van der Waals surface area contributed by atoms with Crippen molar-refractivity contribution in [1.82, 2.24) is 4.98 Å². The van der Waals surface area contributed by atoms with Gasteiger partial charge < -0.3 is 15.2 Å². The van der Waals surface area contributed by atoms with Crippen molar-refractivity contribution in [3.63, 3.8) is 0 Å². The third-order valence-electron chi connectivity index (χ3n) is 4.52. The van der Waals surface area contributed by atoms with E-state index in [1.807, 2.05) is 12.1 Å². The summed E-state index contributed by atoms with van der Waals surface area (Å²) in [6.45, 7) is 1.70. The number of pyridine rings is 1. The molecule has 1 aliphatic rings. The maximum atomic E-state index is 11.8. The Morgan fingerprint density at radius 2 is 1.88 bits per heavy atom. The van der Waals surface area contributed by atoms with Gasteiger partial charge in [0.05, 0.1) is 40.2 Å². The van der Waals surface area contributed by atoms with Gasteiger partial charge in [0.1, 0.15) is 0 Å². The lowest BCUT2D eigenvalue weighted by molar-refractivity contribution is 0.100. The fourth-order valence-electron chi connectivity index (χ4n) is 3.17. The second kappa shape index (κ2) is 7.72. The maximum Gasteiger partial charge on any atom is 0.251 e. The van der Waals surface area contributed by atoms with Crippen LogP contribution in [0, 0.1) is 6.92 Å². The number of aryl methyl sites for hydroxylation is 1. The molecule has 5 nitrogen and oxygen atoms in total. The van der Waals surface area contributed by atoms with E-state index in [0.717, 1.165) is 12.8 Å². The van der Waals surface area contributed by atoms with Crippen molar-refractivity contribution in [3.8, 4) is 22.8 Å². The zero-order valence-corrected chi connectivity index (χ0v) is 16.2. The van der Waals surface area contributed by atoms with Crippen LogP contribution in [-0.2, 0) is 0 Å². The number of nitrogens with zero attached hydrogens (tertiary/aromatic N) is 1. The fourth-order valence-corrected chi connectivity index (χ4v) is 3.79. The molecule has 0 spiro atoms. The highest BCUT2D eigenvalue weighted by Crippen LogP contribution is 2.39. The minimum atomic E-state index is -0.692. The first kappa shape index (κ1) is 18.8. The van der Waals surface area contributed by atoms with Crippen LogP contribution in [-0.4, -0.2) is 24.1 Å². The van der Waals surface area contributed by atoms with Gasteiger partial charge in [-0.25, -0.2) is 4.98 Å². The Morgan fingerprint density at radius 3 is 2.50 bits per heavy atom. The number of methoxy groups -OCH3 is 1. The molecule has 1 fully saturated rings. The number of primary amides is 1. The second-order valence-electron chi connectivity index (χ2n) is 6.30. The molecule has 0 atom stereocenters. The molecular weight excluding hydrogens is 375 g/mol. The molecule has 3 rings (SSSR count).